The number of benzene rings is 1. The first-order chi connectivity index (χ1) is 9.20. The average Bonchev–Trinajstić information content (AvgIpc) is 2.46. The van der Waals surface area contributed by atoms with Crippen LogP contribution in [0.4, 0.5) is 5.69 Å². The van der Waals surface area contributed by atoms with Crippen LogP contribution in [0.1, 0.15) is 43.0 Å². The van der Waals surface area contributed by atoms with E-state index in [0.29, 0.717) is 17.2 Å². The van der Waals surface area contributed by atoms with E-state index in [2.05, 4.69) is 17.7 Å². The molecular formula is C15H23N3O. The summed E-state index contributed by atoms with van der Waals surface area (Å²) in [4.78, 5) is 12.1. The molecule has 1 aromatic carbocycles. The molecule has 0 unspecified atom stereocenters. The molecule has 4 nitrogen and oxygen atoms in total. The molecule has 4 heteroatoms. The van der Waals surface area contributed by atoms with Crippen LogP contribution in [0.15, 0.2) is 24.3 Å². The van der Waals surface area contributed by atoms with Crippen LogP contribution >= 0.6 is 0 Å². The molecule has 1 aromatic rings. The number of nitrogens with two attached hydrogens (primary N) is 1. The van der Waals surface area contributed by atoms with Gasteiger partial charge in [-0.1, -0.05) is 31.9 Å². The van der Waals surface area contributed by atoms with Crippen LogP contribution in [0.5, 0.6) is 0 Å². The molecule has 104 valence electrons. The number of hydrazine groups is 1. The monoisotopic (exact) mass is 261 g/mol. The average molecular weight is 261 g/mol. The lowest BCUT2D eigenvalue weighted by atomic mass is 9.83. The lowest BCUT2D eigenvalue weighted by Gasteiger charge is -2.26. The van der Waals surface area contributed by atoms with Gasteiger partial charge in [-0.05, 0) is 36.8 Å². The van der Waals surface area contributed by atoms with Gasteiger partial charge in [0.25, 0.3) is 5.91 Å². The Morgan fingerprint density at radius 3 is 2.63 bits per heavy atom. The molecule has 0 atom stereocenters. The van der Waals surface area contributed by atoms with Gasteiger partial charge in [0.1, 0.15) is 0 Å². The molecule has 2 rings (SSSR count). The van der Waals surface area contributed by atoms with Crippen LogP contribution in [0.25, 0.3) is 0 Å². The molecule has 1 aliphatic carbocycles. The van der Waals surface area contributed by atoms with Gasteiger partial charge in [-0.25, -0.2) is 0 Å². The minimum absolute atomic E-state index is 0.0489. The highest BCUT2D eigenvalue weighted by atomic mass is 16.1. The molecule has 1 fully saturated rings. The number of anilines is 1. The van der Waals surface area contributed by atoms with Crippen molar-refractivity contribution in [1.29, 1.82) is 0 Å². The van der Waals surface area contributed by atoms with E-state index in [1.807, 2.05) is 12.1 Å². The largest absolute Gasteiger partial charge is 0.352 e. The van der Waals surface area contributed by atoms with E-state index in [1.54, 1.807) is 12.1 Å². The van der Waals surface area contributed by atoms with Crippen molar-refractivity contribution < 1.29 is 4.79 Å². The quantitative estimate of drug-likeness (QED) is 0.576. The number of carbonyl (C=O) groups is 1. The first kappa shape index (κ1) is 13.9. The number of nitrogens with one attached hydrogen (secondary N) is 2. The Balaban J connectivity index is 1.87. The van der Waals surface area contributed by atoms with Gasteiger partial charge < -0.3 is 10.7 Å². The van der Waals surface area contributed by atoms with Crippen molar-refractivity contribution in [2.45, 2.75) is 32.6 Å². The second-order valence-electron chi connectivity index (χ2n) is 5.53. The van der Waals surface area contributed by atoms with Crippen molar-refractivity contribution in [3.05, 3.63) is 29.8 Å². The zero-order chi connectivity index (χ0) is 13.7. The fourth-order valence-corrected chi connectivity index (χ4v) is 2.67. The highest BCUT2D eigenvalue weighted by Gasteiger charge is 2.19. The summed E-state index contributed by atoms with van der Waals surface area (Å²) in [5, 5.41) is 3.02. The summed E-state index contributed by atoms with van der Waals surface area (Å²) in [5.74, 6) is 6.83. The number of amides is 1. The van der Waals surface area contributed by atoms with Gasteiger partial charge in [-0.3, -0.25) is 10.6 Å². The number of para-hydroxylation sites is 1. The zero-order valence-corrected chi connectivity index (χ0v) is 11.5. The normalized spacial score (nSPS) is 22.8. The Morgan fingerprint density at radius 1 is 1.26 bits per heavy atom. The molecular weight excluding hydrogens is 238 g/mol. The van der Waals surface area contributed by atoms with Gasteiger partial charge in [0, 0.05) is 6.54 Å². The highest BCUT2D eigenvalue weighted by molar-refractivity contribution is 5.99. The van der Waals surface area contributed by atoms with Gasteiger partial charge in [-0.15, -0.1) is 0 Å². The lowest BCUT2D eigenvalue weighted by molar-refractivity contribution is 0.0942. The fraction of sp³-hybridized carbons (Fsp3) is 0.533. The van der Waals surface area contributed by atoms with Crippen LogP contribution in [0.2, 0.25) is 0 Å². The third-order valence-electron chi connectivity index (χ3n) is 4.01. The molecule has 0 radical (unpaired) electrons. The lowest BCUT2D eigenvalue weighted by Crippen LogP contribution is -2.31. The maximum atomic E-state index is 12.1. The number of hydrogen-bond acceptors (Lipinski definition) is 3. The predicted molar refractivity (Wildman–Crippen MR) is 77.7 cm³/mol. The second-order valence-corrected chi connectivity index (χ2v) is 5.53. The summed E-state index contributed by atoms with van der Waals surface area (Å²) in [7, 11) is 0. The zero-order valence-electron chi connectivity index (χ0n) is 11.5. The Morgan fingerprint density at radius 2 is 1.95 bits per heavy atom. The molecule has 4 N–H and O–H groups in total. The Hall–Kier alpha value is -1.55. The van der Waals surface area contributed by atoms with E-state index in [-0.39, 0.29) is 5.91 Å². The SMILES string of the molecule is CC1CCC(CNC(=O)c2ccccc2NN)CC1. The summed E-state index contributed by atoms with van der Waals surface area (Å²) < 4.78 is 0. The Labute approximate surface area is 114 Å². The Kier molecular flexibility index (Phi) is 4.80. The smallest absolute Gasteiger partial charge is 0.253 e. The van der Waals surface area contributed by atoms with Crippen LogP contribution in [-0.4, -0.2) is 12.5 Å². The third-order valence-corrected chi connectivity index (χ3v) is 4.01. The van der Waals surface area contributed by atoms with Gasteiger partial charge in [-0.2, -0.15) is 0 Å². The van der Waals surface area contributed by atoms with Crippen molar-refractivity contribution in [2.24, 2.45) is 17.7 Å². The van der Waals surface area contributed by atoms with Crippen LogP contribution in [-0.2, 0) is 0 Å². The molecule has 0 spiro atoms. The third kappa shape index (κ3) is 3.70. The first-order valence-electron chi connectivity index (χ1n) is 7.04. The molecule has 0 aliphatic heterocycles. The molecule has 1 saturated carbocycles. The van der Waals surface area contributed by atoms with Gasteiger partial charge in [0.05, 0.1) is 11.3 Å². The minimum atomic E-state index is -0.0489. The molecule has 1 aliphatic rings. The minimum Gasteiger partial charge on any atom is -0.352 e. The summed E-state index contributed by atoms with van der Waals surface area (Å²) in [6.07, 6.45) is 5.00. The van der Waals surface area contributed by atoms with E-state index in [4.69, 9.17) is 5.84 Å². The molecule has 0 bridgehead atoms. The standard InChI is InChI=1S/C15H23N3O/c1-11-6-8-12(9-7-11)10-17-15(19)13-4-2-3-5-14(13)18-16/h2-5,11-12,18H,6-10,16H2,1H3,(H,17,19). The maximum absolute atomic E-state index is 12.1. The van der Waals surface area contributed by atoms with E-state index in [1.165, 1.54) is 25.7 Å². The van der Waals surface area contributed by atoms with Crippen molar-refractivity contribution in [2.75, 3.05) is 12.0 Å². The van der Waals surface area contributed by atoms with Crippen LogP contribution in [0.3, 0.4) is 0 Å². The van der Waals surface area contributed by atoms with Gasteiger partial charge in [0.2, 0.25) is 0 Å². The second kappa shape index (κ2) is 6.57. The van der Waals surface area contributed by atoms with Gasteiger partial charge >= 0.3 is 0 Å². The molecule has 1 amide bonds. The number of hydrogen-bond donors (Lipinski definition) is 3. The summed E-state index contributed by atoms with van der Waals surface area (Å²) in [6, 6.07) is 7.29. The number of carbonyl (C=O) groups excluding carboxylic acids is 1. The highest BCUT2D eigenvalue weighted by Crippen LogP contribution is 2.27. The number of nitrogen functional groups attached to an aromatic ring is 1. The van der Waals surface area contributed by atoms with E-state index >= 15 is 0 Å². The summed E-state index contributed by atoms with van der Waals surface area (Å²) in [5.41, 5.74) is 3.83. The topological polar surface area (TPSA) is 67.2 Å². The van der Waals surface area contributed by atoms with Gasteiger partial charge in [0.15, 0.2) is 0 Å². The van der Waals surface area contributed by atoms with E-state index in [0.717, 1.165) is 12.5 Å². The van der Waals surface area contributed by atoms with Crippen LogP contribution in [0, 0.1) is 11.8 Å². The maximum Gasteiger partial charge on any atom is 0.253 e. The first-order valence-corrected chi connectivity index (χ1v) is 7.04. The fourth-order valence-electron chi connectivity index (χ4n) is 2.67. The Bertz CT molecular complexity index is 425. The van der Waals surface area contributed by atoms with Crippen molar-refractivity contribution >= 4 is 11.6 Å². The molecule has 0 aromatic heterocycles. The van der Waals surface area contributed by atoms with E-state index in [9.17, 15) is 4.79 Å². The summed E-state index contributed by atoms with van der Waals surface area (Å²) in [6.45, 7) is 3.07. The summed E-state index contributed by atoms with van der Waals surface area (Å²) >= 11 is 0. The predicted octanol–water partition coefficient (Wildman–Crippen LogP) is 2.53. The molecule has 0 heterocycles. The molecule has 0 saturated heterocycles. The van der Waals surface area contributed by atoms with Crippen molar-refractivity contribution in [3.8, 4) is 0 Å². The number of rotatable bonds is 4. The van der Waals surface area contributed by atoms with Crippen LogP contribution < -0.4 is 16.6 Å². The van der Waals surface area contributed by atoms with E-state index < -0.39 is 0 Å². The molecule has 19 heavy (non-hydrogen) atoms. The van der Waals surface area contributed by atoms with Crippen molar-refractivity contribution in [3.63, 3.8) is 0 Å². The van der Waals surface area contributed by atoms with Crippen molar-refractivity contribution in [1.82, 2.24) is 5.32 Å².